The van der Waals surface area contributed by atoms with Gasteiger partial charge in [0.1, 0.15) is 0 Å². The molecule has 2 rings (SSSR count). The molecule has 0 aliphatic heterocycles. The predicted molar refractivity (Wildman–Crippen MR) is 95.4 cm³/mol. The van der Waals surface area contributed by atoms with E-state index in [2.05, 4.69) is 0 Å². The van der Waals surface area contributed by atoms with Gasteiger partial charge >= 0.3 is 0 Å². The maximum atomic E-state index is 12.0. The summed E-state index contributed by atoms with van der Waals surface area (Å²) in [5, 5.41) is 0. The molecule has 0 radical (unpaired) electrons. The highest BCUT2D eigenvalue weighted by atomic mass is 32.2. The molecule has 1 aliphatic carbocycles. The molecule has 24 heavy (non-hydrogen) atoms. The summed E-state index contributed by atoms with van der Waals surface area (Å²) in [5.41, 5.74) is 6.68. The van der Waals surface area contributed by atoms with E-state index in [1.54, 1.807) is 25.1 Å². The highest BCUT2D eigenvalue weighted by molar-refractivity contribution is 7.90. The van der Waals surface area contributed by atoms with Gasteiger partial charge < -0.3 is 10.6 Å². The lowest BCUT2D eigenvalue weighted by molar-refractivity contribution is -0.131. The largest absolute Gasteiger partial charge is 0.340 e. The highest BCUT2D eigenvalue weighted by Crippen LogP contribution is 2.27. The van der Waals surface area contributed by atoms with Gasteiger partial charge in [0.2, 0.25) is 5.91 Å². The first-order chi connectivity index (χ1) is 11.3. The normalized spacial score (nSPS) is 21.5. The first kappa shape index (κ1) is 18.9. The Morgan fingerprint density at radius 3 is 2.46 bits per heavy atom. The van der Waals surface area contributed by atoms with Crippen molar-refractivity contribution in [1.82, 2.24) is 4.90 Å². The Morgan fingerprint density at radius 2 is 1.92 bits per heavy atom. The van der Waals surface area contributed by atoms with Gasteiger partial charge in [0.25, 0.3) is 0 Å². The molecule has 1 amide bonds. The Bertz CT molecular complexity index is 665. The SMILES string of the molecule is CC(=O)N(CCc1cccc(S(C)(=O)=O)c1)C1CCC(CN)CC1. The van der Waals surface area contributed by atoms with Crippen LogP contribution in [0.1, 0.15) is 38.2 Å². The lowest BCUT2D eigenvalue weighted by atomic mass is 9.85. The van der Waals surface area contributed by atoms with Crippen molar-refractivity contribution >= 4 is 15.7 Å². The average Bonchev–Trinajstić information content (AvgIpc) is 2.55. The molecule has 1 saturated carbocycles. The molecule has 1 fully saturated rings. The quantitative estimate of drug-likeness (QED) is 0.849. The molecular formula is C18H28N2O3S. The van der Waals surface area contributed by atoms with Crippen molar-refractivity contribution in [2.24, 2.45) is 11.7 Å². The number of amides is 1. The first-order valence-corrected chi connectivity index (χ1v) is 10.5. The van der Waals surface area contributed by atoms with Gasteiger partial charge in [-0.05, 0) is 62.3 Å². The van der Waals surface area contributed by atoms with Gasteiger partial charge in [0.05, 0.1) is 4.90 Å². The molecule has 0 unspecified atom stereocenters. The van der Waals surface area contributed by atoms with Crippen LogP contribution in [-0.2, 0) is 21.1 Å². The third-order valence-electron chi connectivity index (χ3n) is 4.96. The third kappa shape index (κ3) is 5.05. The second-order valence-corrected chi connectivity index (χ2v) is 8.81. The van der Waals surface area contributed by atoms with Gasteiger partial charge in [-0.3, -0.25) is 4.79 Å². The van der Waals surface area contributed by atoms with E-state index in [1.807, 2.05) is 11.0 Å². The number of carbonyl (C=O) groups is 1. The fourth-order valence-electron chi connectivity index (χ4n) is 3.47. The summed E-state index contributed by atoms with van der Waals surface area (Å²) in [6.45, 7) is 2.97. The standard InChI is InChI=1S/C18H28N2O3S/c1-14(21)20(17-8-6-16(13-19)7-9-17)11-10-15-4-3-5-18(12-15)24(2,22)23/h3-5,12,16-17H,6-11,13,19H2,1-2H3. The first-order valence-electron chi connectivity index (χ1n) is 8.57. The summed E-state index contributed by atoms with van der Waals surface area (Å²) >= 11 is 0. The number of nitrogens with two attached hydrogens (primary N) is 1. The second kappa shape index (κ2) is 8.12. The van der Waals surface area contributed by atoms with Crippen LogP contribution in [0.4, 0.5) is 0 Å². The minimum Gasteiger partial charge on any atom is -0.340 e. The van der Waals surface area contributed by atoms with Crippen LogP contribution >= 0.6 is 0 Å². The Morgan fingerprint density at radius 1 is 1.25 bits per heavy atom. The molecule has 5 nitrogen and oxygen atoms in total. The van der Waals surface area contributed by atoms with E-state index in [0.717, 1.165) is 37.8 Å². The van der Waals surface area contributed by atoms with Gasteiger partial charge in [-0.2, -0.15) is 0 Å². The second-order valence-electron chi connectivity index (χ2n) is 6.79. The summed E-state index contributed by atoms with van der Waals surface area (Å²) in [7, 11) is -3.20. The van der Waals surface area contributed by atoms with Gasteiger partial charge in [-0.1, -0.05) is 12.1 Å². The molecule has 1 aromatic rings. The fraction of sp³-hybridized carbons (Fsp3) is 0.611. The van der Waals surface area contributed by atoms with E-state index in [-0.39, 0.29) is 11.9 Å². The Hall–Kier alpha value is -1.40. The lowest BCUT2D eigenvalue weighted by Crippen LogP contribution is -2.43. The van der Waals surface area contributed by atoms with Crippen molar-refractivity contribution in [3.63, 3.8) is 0 Å². The molecule has 0 atom stereocenters. The predicted octanol–water partition coefficient (Wildman–Crippen LogP) is 2.00. The average molecular weight is 353 g/mol. The number of benzene rings is 1. The Balaban J connectivity index is 2.01. The van der Waals surface area contributed by atoms with Gasteiger partial charge in [0.15, 0.2) is 9.84 Å². The van der Waals surface area contributed by atoms with Crippen molar-refractivity contribution in [1.29, 1.82) is 0 Å². The maximum Gasteiger partial charge on any atom is 0.219 e. The molecule has 1 aliphatic rings. The van der Waals surface area contributed by atoms with Gasteiger partial charge in [-0.15, -0.1) is 0 Å². The van der Waals surface area contributed by atoms with E-state index in [0.29, 0.717) is 23.8 Å². The van der Waals surface area contributed by atoms with Gasteiger partial charge in [-0.25, -0.2) is 8.42 Å². The molecule has 0 aromatic heterocycles. The van der Waals surface area contributed by atoms with E-state index in [4.69, 9.17) is 5.73 Å². The molecule has 0 bridgehead atoms. The minimum absolute atomic E-state index is 0.0884. The summed E-state index contributed by atoms with van der Waals surface area (Å²) < 4.78 is 23.3. The van der Waals surface area contributed by atoms with Crippen molar-refractivity contribution in [2.45, 2.75) is 50.0 Å². The van der Waals surface area contributed by atoms with E-state index >= 15 is 0 Å². The number of sulfone groups is 1. The van der Waals surface area contributed by atoms with E-state index in [1.165, 1.54) is 6.26 Å². The van der Waals surface area contributed by atoms with Crippen molar-refractivity contribution in [3.8, 4) is 0 Å². The molecular weight excluding hydrogens is 324 g/mol. The molecule has 1 aromatic carbocycles. The van der Waals surface area contributed by atoms with Crippen LogP contribution in [0.15, 0.2) is 29.2 Å². The fourth-order valence-corrected chi connectivity index (χ4v) is 4.16. The maximum absolute atomic E-state index is 12.0. The molecule has 2 N–H and O–H groups in total. The summed E-state index contributed by atoms with van der Waals surface area (Å²) in [6, 6.07) is 7.27. The summed E-state index contributed by atoms with van der Waals surface area (Å²) in [5.74, 6) is 0.673. The summed E-state index contributed by atoms with van der Waals surface area (Å²) in [6.07, 6.45) is 6.04. The van der Waals surface area contributed by atoms with Crippen LogP contribution in [0.5, 0.6) is 0 Å². The third-order valence-corrected chi connectivity index (χ3v) is 6.07. The zero-order chi connectivity index (χ0) is 17.7. The van der Waals surface area contributed by atoms with Crippen LogP contribution in [0.2, 0.25) is 0 Å². The number of rotatable bonds is 6. The molecule has 0 heterocycles. The number of carbonyl (C=O) groups excluding carboxylic acids is 1. The smallest absolute Gasteiger partial charge is 0.219 e. The molecule has 0 saturated heterocycles. The number of hydrogen-bond donors (Lipinski definition) is 1. The monoisotopic (exact) mass is 352 g/mol. The molecule has 6 heteroatoms. The van der Waals surface area contributed by atoms with Gasteiger partial charge in [0, 0.05) is 25.8 Å². The highest BCUT2D eigenvalue weighted by Gasteiger charge is 2.26. The molecule has 134 valence electrons. The van der Waals surface area contributed by atoms with Crippen molar-refractivity contribution in [3.05, 3.63) is 29.8 Å². The zero-order valence-corrected chi connectivity index (χ0v) is 15.4. The minimum atomic E-state index is -3.20. The molecule has 0 spiro atoms. The van der Waals surface area contributed by atoms with E-state index in [9.17, 15) is 13.2 Å². The van der Waals surface area contributed by atoms with Crippen LogP contribution in [0, 0.1) is 5.92 Å². The Labute approximate surface area is 145 Å². The van der Waals surface area contributed by atoms with Crippen LogP contribution in [0.25, 0.3) is 0 Å². The van der Waals surface area contributed by atoms with Crippen LogP contribution < -0.4 is 5.73 Å². The number of nitrogens with zero attached hydrogens (tertiary/aromatic N) is 1. The van der Waals surface area contributed by atoms with Crippen molar-refractivity contribution < 1.29 is 13.2 Å². The Kier molecular flexibility index (Phi) is 6.40. The topological polar surface area (TPSA) is 80.5 Å². The number of hydrogen-bond acceptors (Lipinski definition) is 4. The van der Waals surface area contributed by atoms with Crippen molar-refractivity contribution in [2.75, 3.05) is 19.3 Å². The lowest BCUT2D eigenvalue weighted by Gasteiger charge is -2.36. The summed E-state index contributed by atoms with van der Waals surface area (Å²) in [4.78, 5) is 14.3. The van der Waals surface area contributed by atoms with Crippen LogP contribution in [-0.4, -0.2) is 44.6 Å². The van der Waals surface area contributed by atoms with Crippen LogP contribution in [0.3, 0.4) is 0 Å². The van der Waals surface area contributed by atoms with E-state index < -0.39 is 9.84 Å². The zero-order valence-electron chi connectivity index (χ0n) is 14.6.